The number of hydrogen-bond acceptors (Lipinski definition) is 2. The van der Waals surface area contributed by atoms with Gasteiger partial charge in [-0.25, -0.2) is 0 Å². The van der Waals surface area contributed by atoms with Crippen LogP contribution in [0.3, 0.4) is 0 Å². The van der Waals surface area contributed by atoms with E-state index in [2.05, 4.69) is 15.9 Å². The maximum Gasteiger partial charge on any atom is 0.281 e. The van der Waals surface area contributed by atoms with E-state index in [4.69, 9.17) is 0 Å². The number of halogens is 1. The Labute approximate surface area is 111 Å². The second-order valence-corrected chi connectivity index (χ2v) is 7.06. The van der Waals surface area contributed by atoms with Gasteiger partial charge in [-0.15, -0.1) is 0 Å². The summed E-state index contributed by atoms with van der Waals surface area (Å²) in [6.07, 6.45) is 0.733. The first-order valence-corrected chi connectivity index (χ1v) is 7.65. The van der Waals surface area contributed by atoms with E-state index in [1.54, 1.807) is 7.05 Å². The molecule has 0 amide bonds. The Morgan fingerprint density at radius 2 is 1.88 bits per heavy atom. The standard InChI is InChI=1S/C11H15BrN2O2S/c1-13(17(15,16)14-8-9-14)7-6-10-2-4-11(12)5-3-10/h2-5H,6-9H2,1H3. The predicted octanol–water partition coefficient (Wildman–Crippen LogP) is 1.48. The summed E-state index contributed by atoms with van der Waals surface area (Å²) in [6.45, 7) is 1.83. The summed E-state index contributed by atoms with van der Waals surface area (Å²) >= 11 is 3.37. The lowest BCUT2D eigenvalue weighted by Gasteiger charge is -2.17. The third-order valence-corrected chi connectivity index (χ3v) is 5.27. The molecule has 4 nitrogen and oxygen atoms in total. The molecule has 17 heavy (non-hydrogen) atoms. The maximum absolute atomic E-state index is 11.8. The molecule has 1 aromatic rings. The molecule has 94 valence electrons. The van der Waals surface area contributed by atoms with Crippen LogP contribution in [0.4, 0.5) is 0 Å². The Kier molecular flexibility index (Phi) is 3.87. The predicted molar refractivity (Wildman–Crippen MR) is 71.0 cm³/mol. The lowest BCUT2D eigenvalue weighted by molar-refractivity contribution is 0.445. The van der Waals surface area contributed by atoms with Crippen molar-refractivity contribution in [3.05, 3.63) is 34.3 Å². The van der Waals surface area contributed by atoms with Gasteiger partial charge in [-0.2, -0.15) is 17.0 Å². The Balaban J connectivity index is 1.91. The van der Waals surface area contributed by atoms with Crippen molar-refractivity contribution in [1.82, 2.24) is 8.61 Å². The second kappa shape index (κ2) is 5.06. The van der Waals surface area contributed by atoms with Crippen LogP contribution in [-0.4, -0.2) is 43.7 Å². The van der Waals surface area contributed by atoms with E-state index >= 15 is 0 Å². The highest BCUT2D eigenvalue weighted by molar-refractivity contribution is 9.10. The van der Waals surface area contributed by atoms with Gasteiger partial charge in [-0.3, -0.25) is 0 Å². The molecule has 0 unspecified atom stereocenters. The summed E-state index contributed by atoms with van der Waals surface area (Å²) < 4.78 is 27.5. The lowest BCUT2D eigenvalue weighted by atomic mass is 10.1. The number of benzene rings is 1. The summed E-state index contributed by atoms with van der Waals surface area (Å²) in [5.74, 6) is 0. The smallest absolute Gasteiger partial charge is 0.195 e. The molecule has 0 saturated carbocycles. The fourth-order valence-corrected chi connectivity index (χ4v) is 3.05. The molecule has 1 saturated heterocycles. The largest absolute Gasteiger partial charge is 0.281 e. The summed E-state index contributed by atoms with van der Waals surface area (Å²) in [4.78, 5) is 0. The molecule has 0 aliphatic carbocycles. The fraction of sp³-hybridized carbons (Fsp3) is 0.455. The van der Waals surface area contributed by atoms with E-state index in [-0.39, 0.29) is 0 Å². The van der Waals surface area contributed by atoms with Gasteiger partial charge in [0.1, 0.15) is 0 Å². The average molecular weight is 319 g/mol. The van der Waals surface area contributed by atoms with Crippen LogP contribution in [-0.2, 0) is 16.6 Å². The molecular formula is C11H15BrN2O2S. The molecule has 2 rings (SSSR count). The highest BCUT2D eigenvalue weighted by Crippen LogP contribution is 2.16. The zero-order valence-electron chi connectivity index (χ0n) is 9.63. The van der Waals surface area contributed by atoms with E-state index in [0.29, 0.717) is 19.6 Å². The molecule has 6 heteroatoms. The van der Waals surface area contributed by atoms with Gasteiger partial charge in [0.05, 0.1) is 0 Å². The molecule has 0 radical (unpaired) electrons. The molecule has 1 fully saturated rings. The molecule has 0 bridgehead atoms. The monoisotopic (exact) mass is 318 g/mol. The van der Waals surface area contributed by atoms with Gasteiger partial charge >= 0.3 is 0 Å². The maximum atomic E-state index is 11.8. The van der Waals surface area contributed by atoms with Crippen LogP contribution in [0.1, 0.15) is 5.56 Å². The normalized spacial score (nSPS) is 16.4. The molecule has 0 N–H and O–H groups in total. The SMILES string of the molecule is CN(CCc1ccc(Br)cc1)S(=O)(=O)N1CC1. The topological polar surface area (TPSA) is 40.4 Å². The van der Waals surface area contributed by atoms with Crippen molar-refractivity contribution >= 4 is 26.1 Å². The minimum Gasteiger partial charge on any atom is -0.195 e. The number of rotatable bonds is 5. The summed E-state index contributed by atoms with van der Waals surface area (Å²) in [6, 6.07) is 7.94. The van der Waals surface area contributed by atoms with Crippen LogP contribution in [0.25, 0.3) is 0 Å². The van der Waals surface area contributed by atoms with Crippen molar-refractivity contribution in [1.29, 1.82) is 0 Å². The van der Waals surface area contributed by atoms with E-state index in [9.17, 15) is 8.42 Å². The van der Waals surface area contributed by atoms with Crippen LogP contribution < -0.4 is 0 Å². The van der Waals surface area contributed by atoms with E-state index in [1.165, 1.54) is 8.61 Å². The molecule has 1 heterocycles. The van der Waals surface area contributed by atoms with Crippen molar-refractivity contribution in [3.63, 3.8) is 0 Å². The minimum absolute atomic E-state index is 0.514. The summed E-state index contributed by atoms with van der Waals surface area (Å²) in [7, 11) is -1.56. The lowest BCUT2D eigenvalue weighted by Crippen LogP contribution is -2.33. The summed E-state index contributed by atoms with van der Waals surface area (Å²) in [5.41, 5.74) is 1.14. The molecule has 0 aromatic heterocycles. The summed E-state index contributed by atoms with van der Waals surface area (Å²) in [5, 5.41) is 0. The molecular weight excluding hydrogens is 304 g/mol. The third-order valence-electron chi connectivity index (χ3n) is 2.75. The highest BCUT2D eigenvalue weighted by atomic mass is 79.9. The quantitative estimate of drug-likeness (QED) is 0.772. The zero-order valence-corrected chi connectivity index (χ0v) is 12.0. The van der Waals surface area contributed by atoms with E-state index < -0.39 is 10.2 Å². The second-order valence-electron chi connectivity index (χ2n) is 4.10. The zero-order chi connectivity index (χ0) is 12.5. The minimum atomic E-state index is -3.19. The van der Waals surface area contributed by atoms with Crippen LogP contribution in [0.5, 0.6) is 0 Å². The van der Waals surface area contributed by atoms with Gasteiger partial charge in [0.15, 0.2) is 0 Å². The van der Waals surface area contributed by atoms with Gasteiger partial charge < -0.3 is 0 Å². The van der Waals surface area contributed by atoms with Gasteiger partial charge in [-0.05, 0) is 24.1 Å². The van der Waals surface area contributed by atoms with Crippen LogP contribution in [0.2, 0.25) is 0 Å². The van der Waals surface area contributed by atoms with Gasteiger partial charge in [-0.1, -0.05) is 28.1 Å². The number of nitrogens with zero attached hydrogens (tertiary/aromatic N) is 2. The van der Waals surface area contributed by atoms with Crippen LogP contribution in [0.15, 0.2) is 28.7 Å². The Morgan fingerprint density at radius 1 is 1.29 bits per heavy atom. The number of likely N-dealkylation sites (N-methyl/N-ethyl adjacent to an activating group) is 1. The van der Waals surface area contributed by atoms with Gasteiger partial charge in [0.25, 0.3) is 10.2 Å². The van der Waals surface area contributed by atoms with Crippen molar-refractivity contribution in [2.24, 2.45) is 0 Å². The van der Waals surface area contributed by atoms with Crippen molar-refractivity contribution < 1.29 is 8.42 Å². The van der Waals surface area contributed by atoms with Crippen molar-refractivity contribution in [2.45, 2.75) is 6.42 Å². The molecule has 1 aliphatic rings. The number of hydrogen-bond donors (Lipinski definition) is 0. The van der Waals surface area contributed by atoms with Crippen LogP contribution >= 0.6 is 15.9 Å². The Bertz CT molecular complexity index is 483. The molecule has 0 atom stereocenters. The van der Waals surface area contributed by atoms with E-state index in [0.717, 1.165) is 16.5 Å². The first-order valence-electron chi connectivity index (χ1n) is 5.46. The first kappa shape index (κ1) is 13.0. The first-order chi connectivity index (χ1) is 8.00. The molecule has 1 aliphatic heterocycles. The molecule has 0 spiro atoms. The fourth-order valence-electron chi connectivity index (χ4n) is 1.52. The van der Waals surface area contributed by atoms with Gasteiger partial charge in [0.2, 0.25) is 0 Å². The Morgan fingerprint density at radius 3 is 2.41 bits per heavy atom. The van der Waals surface area contributed by atoms with Gasteiger partial charge in [0, 0.05) is 31.2 Å². The average Bonchev–Trinajstić information content (AvgIpc) is 3.11. The van der Waals surface area contributed by atoms with Crippen molar-refractivity contribution in [2.75, 3.05) is 26.7 Å². The van der Waals surface area contributed by atoms with Crippen LogP contribution in [0, 0.1) is 0 Å². The molecule has 1 aromatic carbocycles. The third kappa shape index (κ3) is 3.28. The van der Waals surface area contributed by atoms with E-state index in [1.807, 2.05) is 24.3 Å². The highest BCUT2D eigenvalue weighted by Gasteiger charge is 2.34. The van der Waals surface area contributed by atoms with Crippen molar-refractivity contribution in [3.8, 4) is 0 Å². The Hall–Kier alpha value is -0.430.